The number of nitrogens with zero attached hydrogens (tertiary/aromatic N) is 1. The van der Waals surface area contributed by atoms with Gasteiger partial charge in [0.1, 0.15) is 0 Å². The van der Waals surface area contributed by atoms with Gasteiger partial charge in [0.05, 0.1) is 17.9 Å². The Labute approximate surface area is 106 Å². The largest absolute Gasteiger partial charge is 0.478 e. The summed E-state index contributed by atoms with van der Waals surface area (Å²) in [5.41, 5.74) is 0.886. The van der Waals surface area contributed by atoms with Gasteiger partial charge in [-0.25, -0.2) is 4.79 Å². The highest BCUT2D eigenvalue weighted by atomic mass is 35.5. The molecule has 0 saturated carbocycles. The zero-order valence-electron chi connectivity index (χ0n) is 9.94. The maximum atomic E-state index is 11.1. The molecule has 5 heteroatoms. The summed E-state index contributed by atoms with van der Waals surface area (Å²) in [7, 11) is 1.61. The standard InChI is InChI=1S/C12H16ClNO3/c1-3-14(6-7-17-2)11-8-9(13)4-5-10(11)12(15)16/h4-5,8H,3,6-7H2,1-2H3,(H,15,16). The first-order valence-electron chi connectivity index (χ1n) is 5.36. The van der Waals surface area contributed by atoms with Gasteiger partial charge in [-0.15, -0.1) is 0 Å². The fraction of sp³-hybridized carbons (Fsp3) is 0.417. The van der Waals surface area contributed by atoms with Gasteiger partial charge in [-0.1, -0.05) is 11.6 Å². The molecule has 0 amide bonds. The van der Waals surface area contributed by atoms with Crippen molar-refractivity contribution in [3.8, 4) is 0 Å². The van der Waals surface area contributed by atoms with Crippen LogP contribution in [0.3, 0.4) is 0 Å². The minimum atomic E-state index is -0.951. The van der Waals surface area contributed by atoms with Crippen molar-refractivity contribution in [3.63, 3.8) is 0 Å². The normalized spacial score (nSPS) is 10.3. The second-order valence-corrected chi connectivity index (χ2v) is 3.98. The average Bonchev–Trinajstić information content (AvgIpc) is 2.29. The average molecular weight is 258 g/mol. The van der Waals surface area contributed by atoms with E-state index < -0.39 is 5.97 Å². The molecule has 0 saturated heterocycles. The second-order valence-electron chi connectivity index (χ2n) is 3.54. The van der Waals surface area contributed by atoms with Crippen LogP contribution in [0, 0.1) is 0 Å². The van der Waals surface area contributed by atoms with Crippen molar-refractivity contribution < 1.29 is 14.6 Å². The molecule has 0 aliphatic rings. The number of hydrogen-bond donors (Lipinski definition) is 1. The number of aromatic carboxylic acids is 1. The van der Waals surface area contributed by atoms with Crippen LogP contribution in [0.2, 0.25) is 5.02 Å². The molecule has 0 fully saturated rings. The molecule has 1 N–H and O–H groups in total. The van der Waals surface area contributed by atoms with Crippen LogP contribution in [0.15, 0.2) is 18.2 Å². The summed E-state index contributed by atoms with van der Waals surface area (Å²) in [6.45, 7) is 3.83. The molecule has 1 aromatic carbocycles. The first-order valence-corrected chi connectivity index (χ1v) is 5.74. The maximum Gasteiger partial charge on any atom is 0.337 e. The number of likely N-dealkylation sites (N-methyl/N-ethyl adjacent to an activating group) is 1. The van der Waals surface area contributed by atoms with E-state index in [2.05, 4.69) is 0 Å². The van der Waals surface area contributed by atoms with Gasteiger partial charge in [-0.2, -0.15) is 0 Å². The van der Waals surface area contributed by atoms with Crippen LogP contribution in [0.5, 0.6) is 0 Å². The summed E-state index contributed by atoms with van der Waals surface area (Å²) in [6.07, 6.45) is 0. The summed E-state index contributed by atoms with van der Waals surface area (Å²) >= 11 is 5.91. The zero-order valence-corrected chi connectivity index (χ0v) is 10.7. The molecule has 94 valence electrons. The van der Waals surface area contributed by atoms with E-state index in [0.717, 1.165) is 0 Å². The van der Waals surface area contributed by atoms with Crippen molar-refractivity contribution in [2.45, 2.75) is 6.92 Å². The number of ether oxygens (including phenoxy) is 1. The SMILES string of the molecule is CCN(CCOC)c1cc(Cl)ccc1C(=O)O. The number of halogens is 1. The van der Waals surface area contributed by atoms with Gasteiger partial charge in [0.2, 0.25) is 0 Å². The van der Waals surface area contributed by atoms with Crippen LogP contribution < -0.4 is 4.90 Å². The number of hydrogen-bond acceptors (Lipinski definition) is 3. The van der Waals surface area contributed by atoms with Gasteiger partial charge in [-0.3, -0.25) is 0 Å². The third-order valence-corrected chi connectivity index (χ3v) is 2.71. The van der Waals surface area contributed by atoms with Gasteiger partial charge in [0.15, 0.2) is 0 Å². The molecule has 0 unspecified atom stereocenters. The first kappa shape index (κ1) is 13.8. The number of carboxylic acids is 1. The van der Waals surface area contributed by atoms with Crippen molar-refractivity contribution in [2.24, 2.45) is 0 Å². The molecule has 0 bridgehead atoms. The van der Waals surface area contributed by atoms with E-state index in [-0.39, 0.29) is 5.56 Å². The monoisotopic (exact) mass is 257 g/mol. The molecule has 0 heterocycles. The smallest absolute Gasteiger partial charge is 0.337 e. The van der Waals surface area contributed by atoms with Gasteiger partial charge in [0, 0.05) is 25.2 Å². The van der Waals surface area contributed by atoms with E-state index in [1.54, 1.807) is 19.2 Å². The number of carboxylic acid groups (broad SMARTS) is 1. The second kappa shape index (κ2) is 6.47. The number of anilines is 1. The summed E-state index contributed by atoms with van der Waals surface area (Å²) in [5, 5.41) is 9.65. The van der Waals surface area contributed by atoms with Crippen molar-refractivity contribution in [2.75, 3.05) is 31.7 Å². The van der Waals surface area contributed by atoms with E-state index in [1.165, 1.54) is 6.07 Å². The Kier molecular flexibility index (Phi) is 5.25. The van der Waals surface area contributed by atoms with Gasteiger partial charge in [0.25, 0.3) is 0 Å². The molecule has 0 atom stereocenters. The van der Waals surface area contributed by atoms with Gasteiger partial charge >= 0.3 is 5.97 Å². The van der Waals surface area contributed by atoms with Crippen LogP contribution in [0.4, 0.5) is 5.69 Å². The van der Waals surface area contributed by atoms with Crippen molar-refractivity contribution in [3.05, 3.63) is 28.8 Å². The van der Waals surface area contributed by atoms with E-state index >= 15 is 0 Å². The molecule has 0 spiro atoms. The minimum Gasteiger partial charge on any atom is -0.478 e. The Balaban J connectivity index is 3.06. The highest BCUT2D eigenvalue weighted by molar-refractivity contribution is 6.31. The molecule has 0 aliphatic heterocycles. The Morgan fingerprint density at radius 1 is 1.53 bits per heavy atom. The number of benzene rings is 1. The number of methoxy groups -OCH3 is 1. The Hall–Kier alpha value is -1.26. The Bertz CT molecular complexity index is 395. The predicted molar refractivity (Wildman–Crippen MR) is 68.2 cm³/mol. The maximum absolute atomic E-state index is 11.1. The van der Waals surface area contributed by atoms with E-state index in [1.807, 2.05) is 11.8 Å². The molecule has 17 heavy (non-hydrogen) atoms. The number of rotatable bonds is 6. The lowest BCUT2D eigenvalue weighted by Crippen LogP contribution is -2.28. The van der Waals surface area contributed by atoms with Crippen molar-refractivity contribution in [1.29, 1.82) is 0 Å². The molecule has 0 aliphatic carbocycles. The number of carbonyl (C=O) groups is 1. The molecular formula is C12H16ClNO3. The lowest BCUT2D eigenvalue weighted by molar-refractivity contribution is 0.0697. The van der Waals surface area contributed by atoms with Crippen LogP contribution >= 0.6 is 11.6 Å². The summed E-state index contributed by atoms with van der Waals surface area (Å²) in [4.78, 5) is 13.1. The third-order valence-electron chi connectivity index (χ3n) is 2.48. The fourth-order valence-electron chi connectivity index (χ4n) is 1.60. The summed E-state index contributed by atoms with van der Waals surface area (Å²) in [5.74, 6) is -0.951. The van der Waals surface area contributed by atoms with Crippen LogP contribution in [0.25, 0.3) is 0 Å². The summed E-state index contributed by atoms with van der Waals surface area (Å²) < 4.78 is 5.00. The van der Waals surface area contributed by atoms with E-state index in [4.69, 9.17) is 21.4 Å². The third kappa shape index (κ3) is 3.61. The lowest BCUT2D eigenvalue weighted by Gasteiger charge is -2.24. The van der Waals surface area contributed by atoms with E-state index in [0.29, 0.717) is 30.4 Å². The topological polar surface area (TPSA) is 49.8 Å². The van der Waals surface area contributed by atoms with Crippen LogP contribution in [-0.2, 0) is 4.74 Å². The molecule has 1 aromatic rings. The molecule has 1 rings (SSSR count). The summed E-state index contributed by atoms with van der Waals surface area (Å²) in [6, 6.07) is 4.78. The van der Waals surface area contributed by atoms with Crippen molar-refractivity contribution in [1.82, 2.24) is 0 Å². The Morgan fingerprint density at radius 3 is 2.76 bits per heavy atom. The molecule has 0 radical (unpaired) electrons. The van der Waals surface area contributed by atoms with Crippen LogP contribution in [-0.4, -0.2) is 37.9 Å². The minimum absolute atomic E-state index is 0.257. The molecular weight excluding hydrogens is 242 g/mol. The highest BCUT2D eigenvalue weighted by Gasteiger charge is 2.15. The first-order chi connectivity index (χ1) is 8.10. The van der Waals surface area contributed by atoms with Gasteiger partial charge < -0.3 is 14.7 Å². The van der Waals surface area contributed by atoms with Crippen molar-refractivity contribution >= 4 is 23.3 Å². The highest BCUT2D eigenvalue weighted by Crippen LogP contribution is 2.24. The predicted octanol–water partition coefficient (Wildman–Crippen LogP) is 2.51. The molecule has 0 aromatic heterocycles. The Morgan fingerprint density at radius 2 is 2.24 bits per heavy atom. The fourth-order valence-corrected chi connectivity index (χ4v) is 1.76. The van der Waals surface area contributed by atoms with E-state index in [9.17, 15) is 4.79 Å². The zero-order chi connectivity index (χ0) is 12.8. The molecule has 4 nitrogen and oxygen atoms in total. The van der Waals surface area contributed by atoms with Gasteiger partial charge in [-0.05, 0) is 25.1 Å². The quantitative estimate of drug-likeness (QED) is 0.851. The van der Waals surface area contributed by atoms with Crippen LogP contribution in [0.1, 0.15) is 17.3 Å². The lowest BCUT2D eigenvalue weighted by atomic mass is 10.1.